The van der Waals surface area contributed by atoms with Crippen LogP contribution < -0.4 is 5.46 Å². The lowest BCUT2D eigenvalue weighted by Gasteiger charge is -2.32. The summed E-state index contributed by atoms with van der Waals surface area (Å²) >= 11 is 5.99. The van der Waals surface area contributed by atoms with Crippen molar-refractivity contribution in [2.24, 2.45) is 0 Å². The van der Waals surface area contributed by atoms with Crippen LogP contribution in [0, 0.1) is 22.7 Å². The van der Waals surface area contributed by atoms with E-state index in [1.807, 2.05) is 158 Å². The van der Waals surface area contributed by atoms with Crippen LogP contribution >= 0.6 is 11.6 Å². The SMILES string of the molecule is C.C.C.CC1(C)OB(c2ccc(-c3c(-c4ccc(C#N)cc4)c4ccccc4c4ccccc34)cc2)OC1(C)C.Clc1nc(-c2ccccc2)nc(-c2ccccc2)n1.N#Cc1ccc(-c2c(-c3ccc(-c4nc(-c5ccccc5)nc(-c5ccccc5)n4)cc3)c3ccccc3c3ccccc23)cc1. The third kappa shape index (κ3) is 14.8. The first-order valence-corrected chi connectivity index (χ1v) is 34.1. The molecule has 0 radical (unpaired) electrons. The van der Waals surface area contributed by atoms with Gasteiger partial charge in [-0.25, -0.2) is 19.9 Å². The summed E-state index contributed by atoms with van der Waals surface area (Å²) in [6.07, 6.45) is 0. The summed E-state index contributed by atoms with van der Waals surface area (Å²) in [7, 11) is -0.398. The zero-order valence-corrected chi connectivity index (χ0v) is 57.1. The second kappa shape index (κ2) is 31.3. The molecule has 1 aliphatic heterocycles. The lowest BCUT2D eigenvalue weighted by atomic mass is 9.77. The molecule has 0 spiro atoms. The van der Waals surface area contributed by atoms with E-state index in [-0.39, 0.29) is 38.8 Å². The maximum absolute atomic E-state index is 9.46. The molecule has 0 bridgehead atoms. The summed E-state index contributed by atoms with van der Waals surface area (Å²) in [6.45, 7) is 8.30. The molecule has 17 rings (SSSR count). The quantitative estimate of drug-likeness (QED) is 0.0959. The molecule has 16 aromatic rings. The second-order valence-corrected chi connectivity index (χ2v) is 26.2. The molecule has 2 aromatic heterocycles. The molecule has 0 N–H and O–H groups in total. The molecule has 12 heteroatoms. The average Bonchev–Trinajstić information content (AvgIpc) is 1.31. The Morgan fingerprint density at radius 1 is 0.267 bits per heavy atom. The van der Waals surface area contributed by atoms with Crippen molar-refractivity contribution < 1.29 is 9.31 Å². The minimum atomic E-state index is -0.398. The number of nitrogens with zero attached hydrogens (tertiary/aromatic N) is 8. The lowest BCUT2D eigenvalue weighted by molar-refractivity contribution is 0.00578. The van der Waals surface area contributed by atoms with E-state index in [2.05, 4.69) is 213 Å². The molecule has 510 valence electrons. The van der Waals surface area contributed by atoms with Crippen LogP contribution in [0.25, 0.3) is 145 Å². The highest BCUT2D eigenvalue weighted by molar-refractivity contribution is 6.62. The molecule has 1 aliphatic rings. The highest BCUT2D eigenvalue weighted by Gasteiger charge is 2.51. The molecule has 0 aliphatic carbocycles. The summed E-state index contributed by atoms with van der Waals surface area (Å²) < 4.78 is 12.6. The number of benzene rings is 14. The van der Waals surface area contributed by atoms with Crippen molar-refractivity contribution in [1.29, 1.82) is 10.5 Å². The van der Waals surface area contributed by atoms with Crippen molar-refractivity contribution in [3.05, 3.63) is 332 Å². The summed E-state index contributed by atoms with van der Waals surface area (Å²) in [5, 5.41) is 28.6. The van der Waals surface area contributed by atoms with Crippen LogP contribution in [0.5, 0.6) is 0 Å². The number of hydrogen-bond donors (Lipinski definition) is 0. The molecule has 0 atom stereocenters. The molecule has 0 amide bonds. The fourth-order valence-corrected chi connectivity index (χ4v) is 13.4. The van der Waals surface area contributed by atoms with Gasteiger partial charge in [-0.3, -0.25) is 0 Å². The maximum Gasteiger partial charge on any atom is 0.494 e. The van der Waals surface area contributed by atoms with Crippen molar-refractivity contribution >= 4 is 67.3 Å². The number of rotatable bonds is 10. The third-order valence-corrected chi connectivity index (χ3v) is 19.2. The van der Waals surface area contributed by atoms with Crippen molar-refractivity contribution in [3.8, 4) is 114 Å². The average molecular weight is 1380 g/mol. The molecule has 3 heterocycles. The van der Waals surface area contributed by atoms with Crippen LogP contribution in [0.4, 0.5) is 0 Å². The Morgan fingerprint density at radius 3 is 0.743 bits per heavy atom. The monoisotopic (exact) mass is 1380 g/mol. The smallest absolute Gasteiger partial charge is 0.399 e. The first-order chi connectivity index (χ1) is 49.9. The van der Waals surface area contributed by atoms with Gasteiger partial charge in [0.25, 0.3) is 0 Å². The van der Waals surface area contributed by atoms with E-state index in [1.54, 1.807) is 0 Å². The molecule has 14 aromatic carbocycles. The fourth-order valence-electron chi connectivity index (χ4n) is 13.2. The third-order valence-electron chi connectivity index (χ3n) is 19.0. The van der Waals surface area contributed by atoms with Crippen LogP contribution in [-0.2, 0) is 9.31 Å². The highest BCUT2D eigenvalue weighted by Crippen LogP contribution is 2.47. The molecular formula is C93H76BClN8O2. The van der Waals surface area contributed by atoms with Gasteiger partial charge in [0.2, 0.25) is 5.28 Å². The van der Waals surface area contributed by atoms with Crippen molar-refractivity contribution in [1.82, 2.24) is 29.9 Å². The molecule has 1 fully saturated rings. The van der Waals surface area contributed by atoms with Gasteiger partial charge in [0, 0.05) is 27.8 Å². The summed E-state index contributed by atoms with van der Waals surface area (Å²) in [6, 6.07) is 111. The molecule has 10 nitrogen and oxygen atoms in total. The summed E-state index contributed by atoms with van der Waals surface area (Å²) in [5.41, 5.74) is 15.2. The Kier molecular flexibility index (Phi) is 21.5. The van der Waals surface area contributed by atoms with E-state index < -0.39 is 7.12 Å². The van der Waals surface area contributed by atoms with E-state index in [4.69, 9.17) is 35.9 Å². The van der Waals surface area contributed by atoms with Gasteiger partial charge < -0.3 is 9.31 Å². The van der Waals surface area contributed by atoms with Gasteiger partial charge in [0.1, 0.15) is 0 Å². The summed E-state index contributed by atoms with van der Waals surface area (Å²) in [4.78, 5) is 27.5. The minimum Gasteiger partial charge on any atom is -0.399 e. The minimum absolute atomic E-state index is 0. The van der Waals surface area contributed by atoms with E-state index in [9.17, 15) is 10.5 Å². The van der Waals surface area contributed by atoms with E-state index in [1.165, 1.54) is 54.2 Å². The van der Waals surface area contributed by atoms with Crippen molar-refractivity contribution in [2.45, 2.75) is 61.2 Å². The molecule has 105 heavy (non-hydrogen) atoms. The normalized spacial score (nSPS) is 12.4. The van der Waals surface area contributed by atoms with Gasteiger partial charge in [-0.1, -0.05) is 313 Å². The zero-order chi connectivity index (χ0) is 69.7. The number of fused-ring (bicyclic) bond motifs is 6. The lowest BCUT2D eigenvalue weighted by Crippen LogP contribution is -2.41. The van der Waals surface area contributed by atoms with Gasteiger partial charge in [-0.2, -0.15) is 20.5 Å². The van der Waals surface area contributed by atoms with Crippen LogP contribution in [0.2, 0.25) is 5.28 Å². The Balaban J connectivity index is 0.000000157. The number of nitriles is 2. The number of hydrogen-bond acceptors (Lipinski definition) is 10. The second-order valence-electron chi connectivity index (χ2n) is 25.9. The molecule has 1 saturated heterocycles. The van der Waals surface area contributed by atoms with Crippen LogP contribution in [0.3, 0.4) is 0 Å². The Morgan fingerprint density at radius 2 is 0.476 bits per heavy atom. The molecule has 0 saturated carbocycles. The van der Waals surface area contributed by atoms with Crippen LogP contribution in [-0.4, -0.2) is 48.2 Å². The van der Waals surface area contributed by atoms with E-state index >= 15 is 0 Å². The Bertz CT molecular complexity index is 5710. The number of aromatic nitrogens is 6. The Hall–Kier alpha value is -12.6. The standard InChI is InChI=1S/C42H26N4.C33H28BNO2.C15H10ClN3.3CH4/c43-27-28-19-21-29(22-20-28)38-36-17-9-7-15-34(36)35-16-8-10-18-37(35)39(38)30-23-25-33(26-24-30)42-45-40(31-11-3-1-4-12-31)44-41(46-42)32-13-5-2-6-14-32;1-32(2)33(3,4)37-34(36-32)25-19-17-24(18-20-25)31-29-12-8-6-10-27(29)26-9-5-7-11-28(26)30(31)23-15-13-22(21-35)14-16-23;16-15-18-13(11-7-3-1-4-8-11)17-14(19-15)12-9-5-2-6-10-12;;;/h1-26H;5-20H,1-4H3;1-10H;3*1H4. The fraction of sp³-hybridized carbons (Fsp3) is 0.0968. The van der Waals surface area contributed by atoms with E-state index in [0.717, 1.165) is 66.7 Å². The van der Waals surface area contributed by atoms with Crippen molar-refractivity contribution in [3.63, 3.8) is 0 Å². The van der Waals surface area contributed by atoms with Gasteiger partial charge in [0.15, 0.2) is 29.1 Å². The van der Waals surface area contributed by atoms with E-state index in [0.29, 0.717) is 40.2 Å². The highest BCUT2D eigenvalue weighted by atomic mass is 35.5. The van der Waals surface area contributed by atoms with Crippen molar-refractivity contribution in [2.75, 3.05) is 0 Å². The first-order valence-electron chi connectivity index (χ1n) is 33.7. The molecule has 0 unspecified atom stereocenters. The van der Waals surface area contributed by atoms with Gasteiger partial charge in [-0.15, -0.1) is 0 Å². The first kappa shape index (κ1) is 72.2. The predicted molar refractivity (Wildman–Crippen MR) is 435 cm³/mol. The molecular weight excluding hydrogens is 1310 g/mol. The van der Waals surface area contributed by atoms with Gasteiger partial charge in [0.05, 0.1) is 34.5 Å². The maximum atomic E-state index is 9.46. The van der Waals surface area contributed by atoms with Crippen LogP contribution in [0.1, 0.15) is 61.1 Å². The van der Waals surface area contributed by atoms with Crippen LogP contribution in [0.15, 0.2) is 315 Å². The topological polar surface area (TPSA) is 143 Å². The largest absolute Gasteiger partial charge is 0.494 e. The van der Waals surface area contributed by atoms with Gasteiger partial charge >= 0.3 is 7.12 Å². The summed E-state index contributed by atoms with van der Waals surface area (Å²) in [5.74, 6) is 3.06. The van der Waals surface area contributed by atoms with Gasteiger partial charge in [-0.05, 0) is 157 Å². The zero-order valence-electron chi connectivity index (χ0n) is 56.4. The predicted octanol–water partition coefficient (Wildman–Crippen LogP) is 23.6. The Labute approximate surface area is 619 Å². The number of halogens is 1.